The van der Waals surface area contributed by atoms with Crippen LogP contribution in [0.3, 0.4) is 0 Å². The molecule has 24 heavy (non-hydrogen) atoms. The first-order chi connectivity index (χ1) is 11.5. The lowest BCUT2D eigenvalue weighted by atomic mass is 9.87. The SMILES string of the molecule is C=CCOC(C(=Cc1cccnc1)Oc1ccccc1)C(C)(C)C. The number of hydrogen-bond donors (Lipinski definition) is 0. The first-order valence-corrected chi connectivity index (χ1v) is 8.07. The van der Waals surface area contributed by atoms with Crippen molar-refractivity contribution in [2.45, 2.75) is 26.9 Å². The fourth-order valence-electron chi connectivity index (χ4n) is 2.33. The molecule has 0 aliphatic heterocycles. The molecule has 1 atom stereocenters. The molecule has 1 heterocycles. The molecule has 0 radical (unpaired) electrons. The smallest absolute Gasteiger partial charge is 0.134 e. The Kier molecular flexibility index (Phi) is 6.33. The summed E-state index contributed by atoms with van der Waals surface area (Å²) in [6, 6.07) is 13.6. The fraction of sp³-hybridized carbons (Fsp3) is 0.286. The number of aromatic nitrogens is 1. The van der Waals surface area contributed by atoms with Crippen LogP contribution < -0.4 is 4.74 Å². The summed E-state index contributed by atoms with van der Waals surface area (Å²) in [5.74, 6) is 1.53. The van der Waals surface area contributed by atoms with E-state index < -0.39 is 0 Å². The van der Waals surface area contributed by atoms with Crippen LogP contribution in [0.15, 0.2) is 73.3 Å². The van der Waals surface area contributed by atoms with Crippen LogP contribution >= 0.6 is 0 Å². The Morgan fingerprint density at radius 3 is 2.50 bits per heavy atom. The third-order valence-electron chi connectivity index (χ3n) is 3.40. The van der Waals surface area contributed by atoms with Crippen LogP contribution in [0.4, 0.5) is 0 Å². The van der Waals surface area contributed by atoms with E-state index in [2.05, 4.69) is 32.3 Å². The number of hydrogen-bond acceptors (Lipinski definition) is 3. The van der Waals surface area contributed by atoms with Gasteiger partial charge in [-0.05, 0) is 35.3 Å². The summed E-state index contributed by atoms with van der Waals surface area (Å²) in [6.45, 7) is 10.6. The average molecular weight is 323 g/mol. The summed E-state index contributed by atoms with van der Waals surface area (Å²) >= 11 is 0. The van der Waals surface area contributed by atoms with Crippen molar-refractivity contribution in [3.8, 4) is 5.75 Å². The van der Waals surface area contributed by atoms with E-state index in [4.69, 9.17) is 9.47 Å². The maximum Gasteiger partial charge on any atom is 0.134 e. The topological polar surface area (TPSA) is 31.4 Å². The molecule has 2 rings (SSSR count). The summed E-state index contributed by atoms with van der Waals surface area (Å²) in [6.07, 6.45) is 7.09. The molecule has 0 fully saturated rings. The second-order valence-electron chi connectivity index (χ2n) is 6.62. The summed E-state index contributed by atoms with van der Waals surface area (Å²) in [7, 11) is 0. The Bertz CT molecular complexity index is 657. The van der Waals surface area contributed by atoms with Crippen LogP contribution in [0.5, 0.6) is 5.75 Å². The second-order valence-corrected chi connectivity index (χ2v) is 6.62. The minimum absolute atomic E-state index is 0.133. The maximum atomic E-state index is 6.18. The Balaban J connectivity index is 2.39. The summed E-state index contributed by atoms with van der Waals surface area (Å²) in [5, 5.41) is 0. The quantitative estimate of drug-likeness (QED) is 0.523. The molecule has 2 aromatic rings. The van der Waals surface area contributed by atoms with Crippen molar-refractivity contribution < 1.29 is 9.47 Å². The van der Waals surface area contributed by atoms with Crippen molar-refractivity contribution in [1.29, 1.82) is 0 Å². The highest BCUT2D eigenvalue weighted by Crippen LogP contribution is 2.31. The van der Waals surface area contributed by atoms with Gasteiger partial charge in [0, 0.05) is 12.4 Å². The lowest BCUT2D eigenvalue weighted by Crippen LogP contribution is -2.33. The Labute approximate surface area is 144 Å². The number of ether oxygens (including phenoxy) is 2. The van der Waals surface area contributed by atoms with Crippen molar-refractivity contribution in [3.05, 3.63) is 78.8 Å². The normalized spacial score (nSPS) is 13.4. The highest BCUT2D eigenvalue weighted by atomic mass is 16.5. The highest BCUT2D eigenvalue weighted by Gasteiger charge is 2.30. The summed E-state index contributed by atoms with van der Waals surface area (Å²) in [4.78, 5) is 4.17. The molecule has 0 saturated heterocycles. The molecule has 0 bridgehead atoms. The fourth-order valence-corrected chi connectivity index (χ4v) is 2.33. The van der Waals surface area contributed by atoms with Crippen LogP contribution in [0.1, 0.15) is 26.3 Å². The number of pyridine rings is 1. The number of nitrogens with zero attached hydrogens (tertiary/aromatic N) is 1. The third kappa shape index (κ3) is 5.36. The van der Waals surface area contributed by atoms with Gasteiger partial charge in [-0.3, -0.25) is 4.98 Å². The monoisotopic (exact) mass is 323 g/mol. The number of benzene rings is 1. The van der Waals surface area contributed by atoms with E-state index in [-0.39, 0.29) is 11.5 Å². The van der Waals surface area contributed by atoms with E-state index in [1.165, 1.54) is 0 Å². The zero-order chi connectivity index (χ0) is 17.4. The first kappa shape index (κ1) is 18.0. The van der Waals surface area contributed by atoms with Crippen LogP contribution in [-0.2, 0) is 4.74 Å². The van der Waals surface area contributed by atoms with Crippen LogP contribution in [0, 0.1) is 5.41 Å². The summed E-state index contributed by atoms with van der Waals surface area (Å²) in [5.41, 5.74) is 0.839. The predicted molar refractivity (Wildman–Crippen MR) is 98.7 cm³/mol. The largest absolute Gasteiger partial charge is 0.459 e. The lowest BCUT2D eigenvalue weighted by molar-refractivity contribution is 0.00175. The van der Waals surface area contributed by atoms with Gasteiger partial charge in [-0.1, -0.05) is 51.1 Å². The van der Waals surface area contributed by atoms with Crippen molar-refractivity contribution in [3.63, 3.8) is 0 Å². The Morgan fingerprint density at radius 1 is 1.17 bits per heavy atom. The molecule has 3 nitrogen and oxygen atoms in total. The van der Waals surface area contributed by atoms with Gasteiger partial charge in [0.25, 0.3) is 0 Å². The molecule has 1 aromatic carbocycles. The number of para-hydroxylation sites is 1. The molecule has 0 aliphatic rings. The third-order valence-corrected chi connectivity index (χ3v) is 3.40. The molecule has 1 unspecified atom stereocenters. The molecule has 0 spiro atoms. The standard InChI is InChI=1S/C21H25NO2/c1-5-14-23-20(21(2,3)4)19(15-17-10-9-13-22-16-17)24-18-11-7-6-8-12-18/h5-13,15-16,20H,1,14H2,2-4H3. The zero-order valence-corrected chi connectivity index (χ0v) is 14.6. The molecular formula is C21H25NO2. The minimum atomic E-state index is -0.212. The highest BCUT2D eigenvalue weighted by molar-refractivity contribution is 5.52. The number of rotatable bonds is 7. The van der Waals surface area contributed by atoms with Crippen LogP contribution in [0.2, 0.25) is 0 Å². The lowest BCUT2D eigenvalue weighted by Gasteiger charge is -2.32. The van der Waals surface area contributed by atoms with Gasteiger partial charge in [-0.2, -0.15) is 0 Å². The first-order valence-electron chi connectivity index (χ1n) is 8.07. The van der Waals surface area contributed by atoms with Gasteiger partial charge in [-0.15, -0.1) is 6.58 Å². The molecule has 0 amide bonds. The molecule has 0 N–H and O–H groups in total. The van der Waals surface area contributed by atoms with Gasteiger partial charge in [0.05, 0.1) is 6.61 Å². The van der Waals surface area contributed by atoms with E-state index >= 15 is 0 Å². The minimum Gasteiger partial charge on any atom is -0.459 e. The van der Waals surface area contributed by atoms with E-state index in [1.54, 1.807) is 12.3 Å². The van der Waals surface area contributed by atoms with Gasteiger partial charge >= 0.3 is 0 Å². The van der Waals surface area contributed by atoms with E-state index in [0.717, 1.165) is 17.1 Å². The molecule has 0 aliphatic carbocycles. The van der Waals surface area contributed by atoms with Gasteiger partial charge in [0.15, 0.2) is 0 Å². The van der Waals surface area contributed by atoms with Crippen molar-refractivity contribution in [1.82, 2.24) is 4.98 Å². The Morgan fingerprint density at radius 2 is 1.92 bits per heavy atom. The van der Waals surface area contributed by atoms with Gasteiger partial charge < -0.3 is 9.47 Å². The Hall–Kier alpha value is -2.39. The molecule has 3 heteroatoms. The molecule has 126 valence electrons. The van der Waals surface area contributed by atoms with Crippen molar-refractivity contribution in [2.24, 2.45) is 5.41 Å². The maximum absolute atomic E-state index is 6.18. The van der Waals surface area contributed by atoms with Crippen molar-refractivity contribution >= 4 is 6.08 Å². The van der Waals surface area contributed by atoms with E-state index in [9.17, 15) is 0 Å². The molecule has 1 aromatic heterocycles. The second kappa shape index (κ2) is 8.46. The molecular weight excluding hydrogens is 298 g/mol. The predicted octanol–water partition coefficient (Wildman–Crippen LogP) is 5.12. The average Bonchev–Trinajstić information content (AvgIpc) is 2.56. The van der Waals surface area contributed by atoms with E-state index in [0.29, 0.717) is 6.61 Å². The van der Waals surface area contributed by atoms with Gasteiger partial charge in [-0.25, -0.2) is 0 Å². The summed E-state index contributed by atoms with van der Waals surface area (Å²) < 4.78 is 12.2. The zero-order valence-electron chi connectivity index (χ0n) is 14.6. The van der Waals surface area contributed by atoms with Gasteiger partial charge in [0.1, 0.15) is 17.6 Å². The van der Waals surface area contributed by atoms with E-state index in [1.807, 2.05) is 54.7 Å². The van der Waals surface area contributed by atoms with Crippen LogP contribution in [-0.4, -0.2) is 17.7 Å². The molecule has 0 saturated carbocycles. The van der Waals surface area contributed by atoms with Gasteiger partial charge in [0.2, 0.25) is 0 Å². The van der Waals surface area contributed by atoms with Crippen molar-refractivity contribution in [2.75, 3.05) is 6.61 Å². The van der Waals surface area contributed by atoms with Crippen LogP contribution in [0.25, 0.3) is 6.08 Å².